The normalized spacial score (nSPS) is 13.8. The van der Waals surface area contributed by atoms with Gasteiger partial charge in [-0.3, -0.25) is 9.59 Å². The molecule has 0 aromatic heterocycles. The van der Waals surface area contributed by atoms with Crippen LogP contribution in [0.3, 0.4) is 0 Å². The van der Waals surface area contributed by atoms with Gasteiger partial charge in [-0.2, -0.15) is 0 Å². The molecule has 1 aliphatic rings. The maximum atomic E-state index is 10.5. The molecule has 4 heteroatoms. The van der Waals surface area contributed by atoms with Gasteiger partial charge in [-0.15, -0.1) is 0 Å². The number of carbonyl (C=O) groups excluding carboxylic acids is 1. The van der Waals surface area contributed by atoms with E-state index in [-0.39, 0.29) is 12.1 Å². The summed E-state index contributed by atoms with van der Waals surface area (Å²) in [6.45, 7) is 0. The molecule has 0 atom stereocenters. The largest absolute Gasteiger partial charge is 0.481 e. The first-order valence-electron chi connectivity index (χ1n) is 8.04. The number of benzene rings is 2. The summed E-state index contributed by atoms with van der Waals surface area (Å²) in [5.74, 6) is -0.631. The topological polar surface area (TPSA) is 89.4 Å². The van der Waals surface area contributed by atoms with Crippen LogP contribution in [0.25, 0.3) is 11.1 Å². The Kier molecular flexibility index (Phi) is 8.44. The second kappa shape index (κ2) is 10.3. The number of aldehydes is 1. The molecular formula is C20H25NO3. The third-order valence-corrected chi connectivity index (χ3v) is 4.11. The van der Waals surface area contributed by atoms with Crippen molar-refractivity contribution in [3.05, 3.63) is 60.2 Å². The van der Waals surface area contributed by atoms with E-state index in [2.05, 4.69) is 12.1 Å². The van der Waals surface area contributed by atoms with Gasteiger partial charge in [0.25, 0.3) is 0 Å². The van der Waals surface area contributed by atoms with Crippen LogP contribution < -0.4 is 6.15 Å². The van der Waals surface area contributed by atoms with Crippen LogP contribution in [0.15, 0.2) is 54.6 Å². The van der Waals surface area contributed by atoms with Crippen LogP contribution in [-0.2, 0) is 4.79 Å². The Balaban J connectivity index is 0.000000252. The molecule has 1 aliphatic carbocycles. The molecular weight excluding hydrogens is 302 g/mol. The van der Waals surface area contributed by atoms with E-state index in [0.717, 1.165) is 37.5 Å². The predicted molar refractivity (Wildman–Crippen MR) is 96.5 cm³/mol. The minimum Gasteiger partial charge on any atom is -0.481 e. The Bertz CT molecular complexity index is 617. The smallest absolute Gasteiger partial charge is 0.306 e. The fourth-order valence-electron chi connectivity index (χ4n) is 2.73. The highest BCUT2D eigenvalue weighted by Crippen LogP contribution is 2.23. The van der Waals surface area contributed by atoms with Crippen molar-refractivity contribution in [2.24, 2.45) is 5.92 Å². The van der Waals surface area contributed by atoms with Crippen molar-refractivity contribution >= 4 is 12.3 Å². The molecule has 24 heavy (non-hydrogen) atoms. The van der Waals surface area contributed by atoms with E-state index in [1.807, 2.05) is 42.5 Å². The summed E-state index contributed by atoms with van der Waals surface area (Å²) in [5.41, 5.74) is 3.02. The first-order valence-corrected chi connectivity index (χ1v) is 8.04. The zero-order valence-electron chi connectivity index (χ0n) is 13.9. The van der Waals surface area contributed by atoms with Gasteiger partial charge in [-0.25, -0.2) is 0 Å². The van der Waals surface area contributed by atoms with Crippen LogP contribution in [0.2, 0.25) is 0 Å². The van der Waals surface area contributed by atoms with Crippen molar-refractivity contribution in [3.8, 4) is 11.1 Å². The molecule has 2 aromatic carbocycles. The second-order valence-electron chi connectivity index (χ2n) is 5.78. The molecule has 1 saturated carbocycles. The minimum absolute atomic E-state index is 0. The molecule has 4 nitrogen and oxygen atoms in total. The average molecular weight is 327 g/mol. The fraction of sp³-hybridized carbons (Fsp3) is 0.300. The molecule has 4 N–H and O–H groups in total. The van der Waals surface area contributed by atoms with Gasteiger partial charge in [-0.1, -0.05) is 73.9 Å². The van der Waals surface area contributed by atoms with Gasteiger partial charge in [0.2, 0.25) is 0 Å². The van der Waals surface area contributed by atoms with E-state index < -0.39 is 5.97 Å². The minimum atomic E-state index is -0.602. The Morgan fingerprint density at radius 3 is 1.88 bits per heavy atom. The summed E-state index contributed by atoms with van der Waals surface area (Å²) in [4.78, 5) is 20.8. The fourth-order valence-corrected chi connectivity index (χ4v) is 2.73. The lowest BCUT2D eigenvalue weighted by Gasteiger charge is -2.16. The van der Waals surface area contributed by atoms with Gasteiger partial charge in [0.15, 0.2) is 0 Å². The predicted octanol–water partition coefficient (Wildman–Crippen LogP) is 4.98. The van der Waals surface area contributed by atoms with E-state index in [1.54, 1.807) is 0 Å². The number of carbonyl (C=O) groups is 2. The monoisotopic (exact) mass is 327 g/mol. The average Bonchev–Trinajstić information content (AvgIpc) is 2.64. The second-order valence-corrected chi connectivity index (χ2v) is 5.78. The van der Waals surface area contributed by atoms with Crippen molar-refractivity contribution in [1.29, 1.82) is 0 Å². The van der Waals surface area contributed by atoms with E-state index in [0.29, 0.717) is 5.56 Å². The Morgan fingerprint density at radius 2 is 1.42 bits per heavy atom. The number of rotatable bonds is 3. The van der Waals surface area contributed by atoms with E-state index in [9.17, 15) is 9.59 Å². The van der Waals surface area contributed by atoms with E-state index in [1.165, 1.54) is 12.0 Å². The van der Waals surface area contributed by atoms with Gasteiger partial charge in [0.1, 0.15) is 6.29 Å². The van der Waals surface area contributed by atoms with Crippen LogP contribution in [0, 0.1) is 5.92 Å². The van der Waals surface area contributed by atoms with Crippen molar-refractivity contribution in [3.63, 3.8) is 0 Å². The molecule has 0 bridgehead atoms. The van der Waals surface area contributed by atoms with Gasteiger partial charge in [0, 0.05) is 5.56 Å². The summed E-state index contributed by atoms with van der Waals surface area (Å²) < 4.78 is 0. The van der Waals surface area contributed by atoms with E-state index >= 15 is 0 Å². The maximum Gasteiger partial charge on any atom is 0.306 e. The highest BCUT2D eigenvalue weighted by Gasteiger charge is 2.19. The highest BCUT2D eigenvalue weighted by molar-refractivity contribution is 5.76. The molecule has 0 unspecified atom stereocenters. The van der Waals surface area contributed by atoms with Gasteiger partial charge in [-0.05, 0) is 24.0 Å². The maximum absolute atomic E-state index is 10.5. The summed E-state index contributed by atoms with van der Waals surface area (Å²) in [6.07, 6.45) is 6.09. The first kappa shape index (κ1) is 19.6. The van der Waals surface area contributed by atoms with Gasteiger partial charge in [0.05, 0.1) is 5.92 Å². The zero-order valence-corrected chi connectivity index (χ0v) is 13.9. The Labute approximate surface area is 143 Å². The lowest BCUT2D eigenvalue weighted by atomic mass is 9.90. The molecule has 0 heterocycles. The molecule has 0 saturated heterocycles. The molecule has 2 aromatic rings. The zero-order chi connectivity index (χ0) is 16.5. The lowest BCUT2D eigenvalue weighted by molar-refractivity contribution is -0.142. The van der Waals surface area contributed by atoms with Crippen LogP contribution in [0.4, 0.5) is 0 Å². The molecule has 0 amide bonds. The van der Waals surface area contributed by atoms with Gasteiger partial charge < -0.3 is 11.3 Å². The number of hydrogen-bond donors (Lipinski definition) is 2. The van der Waals surface area contributed by atoms with Crippen LogP contribution >= 0.6 is 0 Å². The van der Waals surface area contributed by atoms with Crippen molar-refractivity contribution in [2.75, 3.05) is 0 Å². The molecule has 1 fully saturated rings. The lowest BCUT2D eigenvalue weighted by Crippen LogP contribution is -2.16. The summed E-state index contributed by atoms with van der Waals surface area (Å²) in [5, 5.41) is 8.54. The Morgan fingerprint density at radius 1 is 0.875 bits per heavy atom. The third kappa shape index (κ3) is 5.97. The van der Waals surface area contributed by atoms with Crippen molar-refractivity contribution < 1.29 is 14.7 Å². The third-order valence-electron chi connectivity index (χ3n) is 4.11. The molecule has 128 valence electrons. The number of aliphatic carboxylic acids is 1. The number of carboxylic acid groups (broad SMARTS) is 1. The van der Waals surface area contributed by atoms with Crippen molar-refractivity contribution in [2.45, 2.75) is 32.1 Å². The molecule has 0 radical (unpaired) electrons. The number of carboxylic acids is 1. The summed E-state index contributed by atoms with van der Waals surface area (Å²) >= 11 is 0. The molecule has 0 aliphatic heterocycles. The van der Waals surface area contributed by atoms with Crippen LogP contribution in [0.1, 0.15) is 42.5 Å². The molecule has 0 spiro atoms. The van der Waals surface area contributed by atoms with Crippen LogP contribution in [-0.4, -0.2) is 17.4 Å². The standard InChI is InChI=1S/C13H10O.C7H12O2.H3N/c14-10-11-6-8-13(9-7-11)12-4-2-1-3-5-12;8-7(9)6-4-2-1-3-5-6;/h1-10H;6H,1-5H2,(H,8,9);1H3. The van der Waals surface area contributed by atoms with E-state index in [4.69, 9.17) is 5.11 Å². The summed E-state index contributed by atoms with van der Waals surface area (Å²) in [6, 6.07) is 17.7. The first-order chi connectivity index (χ1) is 11.2. The summed E-state index contributed by atoms with van der Waals surface area (Å²) in [7, 11) is 0. The quantitative estimate of drug-likeness (QED) is 0.778. The van der Waals surface area contributed by atoms with Crippen molar-refractivity contribution in [1.82, 2.24) is 6.15 Å². The van der Waals surface area contributed by atoms with Crippen LogP contribution in [0.5, 0.6) is 0 Å². The highest BCUT2D eigenvalue weighted by atomic mass is 16.4. The Hall–Kier alpha value is -2.46. The SMILES string of the molecule is N.O=C(O)C1CCCCC1.O=Cc1ccc(-c2ccccc2)cc1. The van der Waals surface area contributed by atoms with Gasteiger partial charge >= 0.3 is 5.97 Å². The number of hydrogen-bond acceptors (Lipinski definition) is 3. The molecule has 3 rings (SSSR count).